The molecule has 0 N–H and O–H groups in total. The lowest BCUT2D eigenvalue weighted by atomic mass is 9.96. The summed E-state index contributed by atoms with van der Waals surface area (Å²) in [5.74, 6) is 0.569. The number of rotatable bonds is 4. The zero-order valence-corrected chi connectivity index (χ0v) is 10.9. The highest BCUT2D eigenvalue weighted by atomic mass is 16.7. The van der Waals surface area contributed by atoms with Crippen LogP contribution >= 0.6 is 0 Å². The van der Waals surface area contributed by atoms with Crippen LogP contribution in [0.25, 0.3) is 0 Å². The van der Waals surface area contributed by atoms with E-state index in [2.05, 4.69) is 12.2 Å². The second-order valence-electron chi connectivity index (χ2n) is 5.38. The van der Waals surface area contributed by atoms with Crippen LogP contribution in [0.1, 0.15) is 25.7 Å². The second-order valence-corrected chi connectivity index (χ2v) is 5.38. The van der Waals surface area contributed by atoms with Crippen molar-refractivity contribution in [3.63, 3.8) is 0 Å². The Morgan fingerprint density at radius 1 is 1.33 bits per heavy atom. The molecule has 3 rings (SSSR count). The van der Waals surface area contributed by atoms with Crippen LogP contribution in [0.3, 0.4) is 0 Å². The van der Waals surface area contributed by atoms with Gasteiger partial charge in [0.25, 0.3) is 0 Å². The fourth-order valence-electron chi connectivity index (χ4n) is 2.97. The van der Waals surface area contributed by atoms with E-state index in [1.807, 2.05) is 0 Å². The standard InChI is InChI=1S/C14H22O4/c1-15-12-7-11(13-9-17-14(12)18-13)16-8-10-5-3-2-4-6-10/h3,5,10-14H,2,4,6-9H2,1H3/t10?,11-,12+,13+,14+/m0/s1. The van der Waals surface area contributed by atoms with Crippen LogP contribution in [-0.2, 0) is 18.9 Å². The lowest BCUT2D eigenvalue weighted by molar-refractivity contribution is -0.200. The fourth-order valence-corrected chi connectivity index (χ4v) is 2.97. The fraction of sp³-hybridized carbons (Fsp3) is 0.857. The molecule has 0 saturated carbocycles. The molecule has 18 heavy (non-hydrogen) atoms. The molecule has 1 unspecified atom stereocenters. The Bertz CT molecular complexity index is 304. The Morgan fingerprint density at radius 3 is 3.06 bits per heavy atom. The molecule has 5 atom stereocenters. The molecule has 3 aliphatic rings. The van der Waals surface area contributed by atoms with E-state index in [0.717, 1.165) is 13.0 Å². The van der Waals surface area contributed by atoms with Crippen molar-refractivity contribution < 1.29 is 18.9 Å². The predicted octanol–water partition coefficient (Wildman–Crippen LogP) is 1.89. The maximum atomic E-state index is 6.05. The lowest BCUT2D eigenvalue weighted by Gasteiger charge is -2.33. The highest BCUT2D eigenvalue weighted by Crippen LogP contribution is 2.31. The maximum absolute atomic E-state index is 6.05. The molecule has 0 aromatic heterocycles. The third-order valence-electron chi connectivity index (χ3n) is 4.10. The van der Waals surface area contributed by atoms with Crippen molar-refractivity contribution in [3.8, 4) is 0 Å². The number of methoxy groups -OCH3 is 1. The summed E-state index contributed by atoms with van der Waals surface area (Å²) in [6.07, 6.45) is 9.19. The van der Waals surface area contributed by atoms with Crippen LogP contribution in [0.2, 0.25) is 0 Å². The Morgan fingerprint density at radius 2 is 2.28 bits per heavy atom. The summed E-state index contributed by atoms with van der Waals surface area (Å²) < 4.78 is 22.8. The number of fused-ring (bicyclic) bond motifs is 2. The van der Waals surface area contributed by atoms with E-state index >= 15 is 0 Å². The zero-order valence-electron chi connectivity index (χ0n) is 10.9. The summed E-state index contributed by atoms with van der Waals surface area (Å²) in [6.45, 7) is 1.43. The summed E-state index contributed by atoms with van der Waals surface area (Å²) in [4.78, 5) is 0. The van der Waals surface area contributed by atoms with Gasteiger partial charge in [-0.2, -0.15) is 0 Å². The van der Waals surface area contributed by atoms with Gasteiger partial charge in [0.05, 0.1) is 19.3 Å². The first-order chi connectivity index (χ1) is 8.86. The number of hydrogen-bond donors (Lipinski definition) is 0. The minimum absolute atomic E-state index is 0.00986. The van der Waals surface area contributed by atoms with E-state index in [-0.39, 0.29) is 24.6 Å². The van der Waals surface area contributed by atoms with Gasteiger partial charge in [0, 0.05) is 19.4 Å². The van der Waals surface area contributed by atoms with Gasteiger partial charge in [-0.15, -0.1) is 0 Å². The maximum Gasteiger partial charge on any atom is 0.184 e. The van der Waals surface area contributed by atoms with Crippen LogP contribution < -0.4 is 0 Å². The van der Waals surface area contributed by atoms with E-state index in [9.17, 15) is 0 Å². The summed E-state index contributed by atoms with van der Waals surface area (Å²) in [7, 11) is 1.71. The predicted molar refractivity (Wildman–Crippen MR) is 66.2 cm³/mol. The monoisotopic (exact) mass is 254 g/mol. The van der Waals surface area contributed by atoms with Crippen molar-refractivity contribution in [2.45, 2.75) is 50.3 Å². The molecule has 2 heterocycles. The Labute approximate surface area is 108 Å². The molecule has 0 aromatic rings. The van der Waals surface area contributed by atoms with Gasteiger partial charge in [-0.1, -0.05) is 12.2 Å². The summed E-state index contributed by atoms with van der Waals surface area (Å²) in [6, 6.07) is 0. The van der Waals surface area contributed by atoms with Gasteiger partial charge in [-0.25, -0.2) is 0 Å². The van der Waals surface area contributed by atoms with Gasteiger partial charge < -0.3 is 18.9 Å². The minimum Gasteiger partial charge on any atom is -0.376 e. The topological polar surface area (TPSA) is 36.9 Å². The summed E-state index contributed by atoms with van der Waals surface area (Å²) in [5.41, 5.74) is 0. The SMILES string of the molecule is CO[C@@H]1C[C@H](OCC2C=CCCC2)[C@H]2CO[C@@H]1O2. The molecule has 0 radical (unpaired) electrons. The molecule has 1 aliphatic carbocycles. The highest BCUT2D eigenvalue weighted by molar-refractivity contribution is 4.94. The number of allylic oxidation sites excluding steroid dienone is 1. The van der Waals surface area contributed by atoms with E-state index in [1.54, 1.807) is 7.11 Å². The molecule has 2 saturated heterocycles. The van der Waals surface area contributed by atoms with Crippen molar-refractivity contribution in [2.24, 2.45) is 5.92 Å². The smallest absolute Gasteiger partial charge is 0.184 e. The van der Waals surface area contributed by atoms with E-state index in [1.165, 1.54) is 19.3 Å². The molecule has 102 valence electrons. The molecular weight excluding hydrogens is 232 g/mol. The Hall–Kier alpha value is -0.420. The van der Waals surface area contributed by atoms with Gasteiger partial charge in [-0.05, 0) is 19.3 Å². The first-order valence-corrected chi connectivity index (χ1v) is 6.95. The van der Waals surface area contributed by atoms with Crippen LogP contribution in [0.15, 0.2) is 12.2 Å². The average molecular weight is 254 g/mol. The largest absolute Gasteiger partial charge is 0.376 e. The molecular formula is C14H22O4. The molecule has 4 heteroatoms. The number of hydrogen-bond acceptors (Lipinski definition) is 4. The van der Waals surface area contributed by atoms with Gasteiger partial charge in [-0.3, -0.25) is 0 Å². The second kappa shape index (κ2) is 5.70. The third-order valence-corrected chi connectivity index (χ3v) is 4.10. The zero-order chi connectivity index (χ0) is 12.4. The molecule has 0 aromatic carbocycles. The first kappa shape index (κ1) is 12.6. The summed E-state index contributed by atoms with van der Waals surface area (Å²) in [5, 5.41) is 0. The Kier molecular flexibility index (Phi) is 3.99. The van der Waals surface area contributed by atoms with E-state index in [4.69, 9.17) is 18.9 Å². The minimum atomic E-state index is -0.186. The molecule has 2 fully saturated rings. The average Bonchev–Trinajstić information content (AvgIpc) is 2.84. The molecule has 0 spiro atoms. The van der Waals surface area contributed by atoms with E-state index in [0.29, 0.717) is 12.5 Å². The molecule has 2 bridgehead atoms. The van der Waals surface area contributed by atoms with Crippen LogP contribution in [0, 0.1) is 5.92 Å². The van der Waals surface area contributed by atoms with Crippen molar-refractivity contribution in [1.29, 1.82) is 0 Å². The van der Waals surface area contributed by atoms with Gasteiger partial charge in [0.15, 0.2) is 6.29 Å². The van der Waals surface area contributed by atoms with Crippen molar-refractivity contribution in [2.75, 3.05) is 20.3 Å². The van der Waals surface area contributed by atoms with Crippen LogP contribution in [-0.4, -0.2) is 44.9 Å². The summed E-state index contributed by atoms with van der Waals surface area (Å²) >= 11 is 0. The quantitative estimate of drug-likeness (QED) is 0.718. The highest BCUT2D eigenvalue weighted by Gasteiger charge is 2.44. The number of ether oxygens (including phenoxy) is 4. The van der Waals surface area contributed by atoms with Crippen molar-refractivity contribution in [1.82, 2.24) is 0 Å². The van der Waals surface area contributed by atoms with E-state index < -0.39 is 0 Å². The third kappa shape index (κ3) is 2.62. The van der Waals surface area contributed by atoms with Gasteiger partial charge >= 0.3 is 0 Å². The van der Waals surface area contributed by atoms with Crippen LogP contribution in [0.5, 0.6) is 0 Å². The van der Waals surface area contributed by atoms with Crippen molar-refractivity contribution >= 4 is 0 Å². The first-order valence-electron chi connectivity index (χ1n) is 6.95. The molecule has 4 nitrogen and oxygen atoms in total. The van der Waals surface area contributed by atoms with Crippen molar-refractivity contribution in [3.05, 3.63) is 12.2 Å². The van der Waals surface area contributed by atoms with Gasteiger partial charge in [0.2, 0.25) is 0 Å². The normalized spacial score (nSPS) is 43.3. The lowest BCUT2D eigenvalue weighted by Crippen LogP contribution is -2.44. The molecule has 2 aliphatic heterocycles. The Balaban J connectivity index is 1.52. The van der Waals surface area contributed by atoms with Crippen LogP contribution in [0.4, 0.5) is 0 Å². The molecule has 0 amide bonds. The van der Waals surface area contributed by atoms with Gasteiger partial charge in [0.1, 0.15) is 12.2 Å².